The van der Waals surface area contributed by atoms with Crippen molar-refractivity contribution in [1.82, 2.24) is 10.2 Å². The van der Waals surface area contributed by atoms with Crippen molar-refractivity contribution in [2.45, 2.75) is 13.0 Å². The highest BCUT2D eigenvalue weighted by molar-refractivity contribution is 5.83. The summed E-state index contributed by atoms with van der Waals surface area (Å²) in [6, 6.07) is 20.7. The van der Waals surface area contributed by atoms with Gasteiger partial charge in [-0.15, -0.1) is 0 Å². The van der Waals surface area contributed by atoms with Gasteiger partial charge in [0.05, 0.1) is 6.54 Å². The maximum atomic E-state index is 12.3. The molecule has 1 heterocycles. The fourth-order valence-electron chi connectivity index (χ4n) is 3.60. The van der Waals surface area contributed by atoms with Crippen molar-refractivity contribution in [3.63, 3.8) is 0 Å². The number of rotatable bonds is 7. The van der Waals surface area contributed by atoms with Gasteiger partial charge in [0.2, 0.25) is 5.91 Å². The average Bonchev–Trinajstić information content (AvgIpc) is 2.73. The van der Waals surface area contributed by atoms with Crippen molar-refractivity contribution in [1.29, 1.82) is 0 Å². The van der Waals surface area contributed by atoms with Gasteiger partial charge in [0, 0.05) is 13.1 Å². The molecule has 0 radical (unpaired) electrons. The molecule has 0 bridgehead atoms. The van der Waals surface area contributed by atoms with E-state index >= 15 is 0 Å². The van der Waals surface area contributed by atoms with Gasteiger partial charge < -0.3 is 14.8 Å². The number of nitrogens with zero attached hydrogens (tertiary/aromatic N) is 1. The number of ether oxygens (including phenoxy) is 2. The topological polar surface area (TPSA) is 50.8 Å². The number of carbonyl (C=O) groups is 1. The number of hydrogen-bond donors (Lipinski definition) is 1. The number of carbonyl (C=O) groups excluding carboxylic acids is 1. The Hall–Kier alpha value is -3.05. The summed E-state index contributed by atoms with van der Waals surface area (Å²) >= 11 is 0. The summed E-state index contributed by atoms with van der Waals surface area (Å²) < 4.78 is 11.1. The van der Waals surface area contributed by atoms with E-state index in [1.165, 1.54) is 16.3 Å². The Bertz CT molecular complexity index is 1000. The monoisotopic (exact) mass is 390 g/mol. The zero-order chi connectivity index (χ0) is 20.1. The highest BCUT2D eigenvalue weighted by Crippen LogP contribution is 2.30. The van der Waals surface area contributed by atoms with Crippen LogP contribution in [0.1, 0.15) is 11.1 Å². The average molecular weight is 390 g/mol. The van der Waals surface area contributed by atoms with Crippen LogP contribution in [0.25, 0.3) is 10.8 Å². The van der Waals surface area contributed by atoms with Crippen LogP contribution in [0.15, 0.2) is 60.7 Å². The minimum atomic E-state index is 0.0332. The van der Waals surface area contributed by atoms with Gasteiger partial charge in [-0.1, -0.05) is 42.5 Å². The normalized spacial score (nSPS) is 12.9. The molecule has 0 aliphatic carbocycles. The highest BCUT2D eigenvalue weighted by atomic mass is 16.6. The summed E-state index contributed by atoms with van der Waals surface area (Å²) in [6.07, 6.45) is 0.761. The van der Waals surface area contributed by atoms with Crippen LogP contribution in [-0.2, 0) is 17.8 Å². The van der Waals surface area contributed by atoms with E-state index in [4.69, 9.17) is 9.47 Å². The van der Waals surface area contributed by atoms with Crippen LogP contribution in [-0.4, -0.2) is 44.2 Å². The number of hydrogen-bond acceptors (Lipinski definition) is 4. The van der Waals surface area contributed by atoms with Crippen molar-refractivity contribution in [3.05, 3.63) is 71.8 Å². The van der Waals surface area contributed by atoms with E-state index in [9.17, 15) is 4.79 Å². The molecular formula is C24H26N2O3. The number of amides is 1. The molecule has 150 valence electrons. The van der Waals surface area contributed by atoms with Crippen LogP contribution in [0, 0.1) is 0 Å². The van der Waals surface area contributed by atoms with E-state index in [1.54, 1.807) is 0 Å². The molecule has 3 aromatic rings. The molecule has 5 nitrogen and oxygen atoms in total. The zero-order valence-electron chi connectivity index (χ0n) is 16.7. The van der Waals surface area contributed by atoms with Gasteiger partial charge in [0.15, 0.2) is 11.5 Å². The SMILES string of the molecule is CN(CC(=O)NCCc1ccc2c(c1)OCCO2)Cc1ccc2ccccc2c1. The zero-order valence-corrected chi connectivity index (χ0v) is 16.7. The number of likely N-dealkylation sites (N-methyl/N-ethyl adjacent to an activating group) is 1. The first-order valence-electron chi connectivity index (χ1n) is 9.99. The van der Waals surface area contributed by atoms with Gasteiger partial charge in [0.1, 0.15) is 13.2 Å². The second-order valence-electron chi connectivity index (χ2n) is 7.43. The van der Waals surface area contributed by atoms with E-state index in [2.05, 4.69) is 35.6 Å². The van der Waals surface area contributed by atoms with Crippen molar-refractivity contribution in [3.8, 4) is 11.5 Å². The van der Waals surface area contributed by atoms with Crippen LogP contribution in [0.3, 0.4) is 0 Å². The van der Waals surface area contributed by atoms with Crippen LogP contribution in [0.4, 0.5) is 0 Å². The molecule has 0 saturated heterocycles. The van der Waals surface area contributed by atoms with E-state index < -0.39 is 0 Å². The van der Waals surface area contributed by atoms with Gasteiger partial charge >= 0.3 is 0 Å². The van der Waals surface area contributed by atoms with Crippen molar-refractivity contribution in [2.24, 2.45) is 0 Å². The second kappa shape index (κ2) is 8.97. The van der Waals surface area contributed by atoms with Crippen LogP contribution >= 0.6 is 0 Å². The lowest BCUT2D eigenvalue weighted by Crippen LogP contribution is -2.35. The molecule has 0 aromatic heterocycles. The van der Waals surface area contributed by atoms with E-state index in [0.717, 1.165) is 30.0 Å². The molecule has 29 heavy (non-hydrogen) atoms. The smallest absolute Gasteiger partial charge is 0.234 e. The largest absolute Gasteiger partial charge is 0.486 e. The number of fused-ring (bicyclic) bond motifs is 2. The predicted octanol–water partition coefficient (Wildman–Crippen LogP) is 3.40. The van der Waals surface area contributed by atoms with Crippen LogP contribution in [0.2, 0.25) is 0 Å². The second-order valence-corrected chi connectivity index (χ2v) is 7.43. The summed E-state index contributed by atoms with van der Waals surface area (Å²) in [4.78, 5) is 14.3. The molecule has 1 N–H and O–H groups in total. The molecule has 0 spiro atoms. The maximum absolute atomic E-state index is 12.3. The molecule has 1 aliphatic heterocycles. The molecule has 4 rings (SSSR count). The lowest BCUT2D eigenvalue weighted by molar-refractivity contribution is -0.122. The Kier molecular flexibility index (Phi) is 5.96. The van der Waals surface area contributed by atoms with Crippen molar-refractivity contribution >= 4 is 16.7 Å². The molecule has 1 amide bonds. The Balaban J connectivity index is 1.23. The third-order valence-electron chi connectivity index (χ3n) is 5.02. The lowest BCUT2D eigenvalue weighted by atomic mass is 10.1. The van der Waals surface area contributed by atoms with E-state index in [-0.39, 0.29) is 5.91 Å². The fourth-order valence-corrected chi connectivity index (χ4v) is 3.60. The first kappa shape index (κ1) is 19.3. The molecule has 0 atom stereocenters. The summed E-state index contributed by atoms with van der Waals surface area (Å²) in [5.74, 6) is 1.61. The van der Waals surface area contributed by atoms with Gasteiger partial charge in [-0.3, -0.25) is 9.69 Å². The van der Waals surface area contributed by atoms with Gasteiger partial charge in [-0.05, 0) is 53.6 Å². The fraction of sp³-hybridized carbons (Fsp3) is 0.292. The van der Waals surface area contributed by atoms with Gasteiger partial charge in [-0.25, -0.2) is 0 Å². The van der Waals surface area contributed by atoms with Crippen molar-refractivity contribution in [2.75, 3.05) is 33.4 Å². The number of benzene rings is 3. The molecule has 0 fully saturated rings. The Morgan fingerprint density at radius 1 is 0.931 bits per heavy atom. The molecule has 5 heteroatoms. The van der Waals surface area contributed by atoms with E-state index in [0.29, 0.717) is 26.3 Å². The molecule has 0 unspecified atom stereocenters. The Morgan fingerprint density at radius 2 is 1.69 bits per heavy atom. The first-order valence-corrected chi connectivity index (χ1v) is 9.99. The van der Waals surface area contributed by atoms with E-state index in [1.807, 2.05) is 42.3 Å². The summed E-state index contributed by atoms with van der Waals surface area (Å²) in [5.41, 5.74) is 2.33. The highest BCUT2D eigenvalue weighted by Gasteiger charge is 2.12. The summed E-state index contributed by atoms with van der Waals surface area (Å²) in [7, 11) is 1.97. The third-order valence-corrected chi connectivity index (χ3v) is 5.02. The van der Waals surface area contributed by atoms with Crippen molar-refractivity contribution < 1.29 is 14.3 Å². The first-order chi connectivity index (χ1) is 14.2. The standard InChI is InChI=1S/C24H26N2O3/c1-26(16-19-6-8-20-4-2-3-5-21(20)14-19)17-24(27)25-11-10-18-7-9-22-23(15-18)29-13-12-28-22/h2-9,14-15H,10-13,16-17H2,1H3,(H,25,27). The minimum Gasteiger partial charge on any atom is -0.486 e. The predicted molar refractivity (Wildman–Crippen MR) is 114 cm³/mol. The summed E-state index contributed by atoms with van der Waals surface area (Å²) in [5, 5.41) is 5.46. The maximum Gasteiger partial charge on any atom is 0.234 e. The number of nitrogens with one attached hydrogen (secondary N) is 1. The summed E-state index contributed by atoms with van der Waals surface area (Å²) in [6.45, 7) is 2.88. The third kappa shape index (κ3) is 5.06. The molecular weight excluding hydrogens is 364 g/mol. The molecule has 3 aromatic carbocycles. The van der Waals surface area contributed by atoms with Gasteiger partial charge in [0.25, 0.3) is 0 Å². The Labute approximate surface area is 171 Å². The quantitative estimate of drug-likeness (QED) is 0.672. The Morgan fingerprint density at radius 3 is 2.55 bits per heavy atom. The minimum absolute atomic E-state index is 0.0332. The lowest BCUT2D eigenvalue weighted by Gasteiger charge is -2.19. The van der Waals surface area contributed by atoms with Gasteiger partial charge in [-0.2, -0.15) is 0 Å². The van der Waals surface area contributed by atoms with Crippen LogP contribution < -0.4 is 14.8 Å². The molecule has 1 aliphatic rings. The van der Waals surface area contributed by atoms with Crippen LogP contribution in [0.5, 0.6) is 11.5 Å². The molecule has 0 saturated carbocycles.